The number of nitriles is 1. The van der Waals surface area contributed by atoms with E-state index in [1.807, 2.05) is 36.4 Å². The molecule has 136 valence electrons. The van der Waals surface area contributed by atoms with Crippen LogP contribution in [0.3, 0.4) is 0 Å². The van der Waals surface area contributed by atoms with Crippen molar-refractivity contribution in [1.29, 1.82) is 5.26 Å². The first-order valence-corrected chi connectivity index (χ1v) is 7.74. The molecule has 0 radical (unpaired) electrons. The maximum Gasteiger partial charge on any atom is 0.433 e. The van der Waals surface area contributed by atoms with Crippen LogP contribution in [0.5, 0.6) is 17.5 Å². The largest absolute Gasteiger partial charge is 0.473 e. The summed E-state index contributed by atoms with van der Waals surface area (Å²) in [6, 6.07) is 16.0. The van der Waals surface area contributed by atoms with E-state index in [0.717, 1.165) is 17.8 Å². The molecule has 0 bridgehead atoms. The van der Waals surface area contributed by atoms with E-state index in [-0.39, 0.29) is 29.7 Å². The maximum atomic E-state index is 12.8. The topological polar surface area (TPSA) is 68.0 Å². The molecule has 2 aromatic heterocycles. The number of pyridine rings is 2. The van der Waals surface area contributed by atoms with Crippen LogP contribution < -0.4 is 9.47 Å². The molecule has 1 aromatic carbocycles. The summed E-state index contributed by atoms with van der Waals surface area (Å²) in [5.41, 5.74) is 0.0123. The summed E-state index contributed by atoms with van der Waals surface area (Å²) in [6.07, 6.45) is -3.61. The van der Waals surface area contributed by atoms with Gasteiger partial charge in [-0.25, -0.2) is 0 Å². The minimum atomic E-state index is -4.59. The number of benzene rings is 1. The highest BCUT2D eigenvalue weighted by atomic mass is 19.4. The van der Waals surface area contributed by atoms with Gasteiger partial charge in [0.05, 0.1) is 11.6 Å². The lowest BCUT2D eigenvalue weighted by Crippen LogP contribution is -2.07. The molecule has 2 heterocycles. The Kier molecular flexibility index (Phi) is 5.22. The number of hydrogen-bond donors (Lipinski definition) is 0. The van der Waals surface area contributed by atoms with Crippen molar-refractivity contribution < 1.29 is 22.6 Å². The van der Waals surface area contributed by atoms with Gasteiger partial charge >= 0.3 is 6.18 Å². The second-order valence-electron chi connectivity index (χ2n) is 5.39. The van der Waals surface area contributed by atoms with Crippen molar-refractivity contribution in [2.24, 2.45) is 0 Å². The molecule has 0 spiro atoms. The van der Waals surface area contributed by atoms with Gasteiger partial charge in [-0.2, -0.15) is 23.4 Å². The molecule has 0 N–H and O–H groups in total. The Morgan fingerprint density at radius 3 is 2.44 bits per heavy atom. The first kappa shape index (κ1) is 18.2. The average molecular weight is 371 g/mol. The number of aromatic nitrogens is 2. The van der Waals surface area contributed by atoms with Gasteiger partial charge in [-0.15, -0.1) is 0 Å². The van der Waals surface area contributed by atoms with Crippen molar-refractivity contribution in [1.82, 2.24) is 9.97 Å². The summed E-state index contributed by atoms with van der Waals surface area (Å²) in [5, 5.41) is 9.14. The monoisotopic (exact) mass is 371 g/mol. The first-order chi connectivity index (χ1) is 12.9. The van der Waals surface area contributed by atoms with E-state index >= 15 is 0 Å². The lowest BCUT2D eigenvalue weighted by Gasteiger charge is -2.10. The fraction of sp³-hybridized carbons (Fsp3) is 0.105. The summed E-state index contributed by atoms with van der Waals surface area (Å²) in [5.74, 6) is -0.0386. The highest BCUT2D eigenvalue weighted by Gasteiger charge is 2.32. The molecule has 0 fully saturated rings. The quantitative estimate of drug-likeness (QED) is 0.648. The average Bonchev–Trinajstić information content (AvgIpc) is 2.66. The molecule has 0 saturated carbocycles. The van der Waals surface area contributed by atoms with Crippen molar-refractivity contribution in [3.63, 3.8) is 0 Å². The molecule has 8 heteroatoms. The zero-order valence-electron chi connectivity index (χ0n) is 13.8. The Morgan fingerprint density at radius 1 is 1.00 bits per heavy atom. The summed E-state index contributed by atoms with van der Waals surface area (Å²) in [6.45, 7) is 0.218. The number of halogens is 3. The minimum Gasteiger partial charge on any atom is -0.473 e. The molecule has 5 nitrogen and oxygen atoms in total. The summed E-state index contributed by atoms with van der Waals surface area (Å²) >= 11 is 0. The van der Waals surface area contributed by atoms with Crippen molar-refractivity contribution in [3.05, 3.63) is 77.6 Å². The van der Waals surface area contributed by atoms with Crippen LogP contribution in [0, 0.1) is 11.3 Å². The second-order valence-corrected chi connectivity index (χ2v) is 5.39. The summed E-state index contributed by atoms with van der Waals surface area (Å²) in [7, 11) is 0. The summed E-state index contributed by atoms with van der Waals surface area (Å²) in [4.78, 5) is 7.35. The van der Waals surface area contributed by atoms with Gasteiger partial charge in [0, 0.05) is 24.4 Å². The molecule has 0 saturated heterocycles. The van der Waals surface area contributed by atoms with Gasteiger partial charge in [-0.3, -0.25) is 4.98 Å². The van der Waals surface area contributed by atoms with E-state index in [9.17, 15) is 13.2 Å². The van der Waals surface area contributed by atoms with Crippen LogP contribution in [0.15, 0.2) is 60.8 Å². The van der Waals surface area contributed by atoms with E-state index in [1.165, 1.54) is 18.2 Å². The maximum absolute atomic E-state index is 12.8. The van der Waals surface area contributed by atoms with E-state index in [2.05, 4.69) is 9.97 Å². The van der Waals surface area contributed by atoms with Gasteiger partial charge in [0.15, 0.2) is 0 Å². The molecular formula is C19H12F3N3O2. The molecule has 0 aliphatic carbocycles. The third-order valence-corrected chi connectivity index (χ3v) is 3.38. The van der Waals surface area contributed by atoms with E-state index in [1.54, 1.807) is 0 Å². The number of alkyl halides is 3. The van der Waals surface area contributed by atoms with E-state index in [0.29, 0.717) is 0 Å². The molecular weight excluding hydrogens is 359 g/mol. The van der Waals surface area contributed by atoms with Gasteiger partial charge in [0.2, 0.25) is 11.8 Å². The third kappa shape index (κ3) is 4.95. The minimum absolute atomic E-state index is 0.0589. The van der Waals surface area contributed by atoms with Crippen LogP contribution >= 0.6 is 0 Å². The van der Waals surface area contributed by atoms with Gasteiger partial charge in [-0.05, 0) is 11.6 Å². The van der Waals surface area contributed by atoms with Crippen LogP contribution in [0.25, 0.3) is 0 Å². The van der Waals surface area contributed by atoms with Crippen LogP contribution in [-0.4, -0.2) is 9.97 Å². The van der Waals surface area contributed by atoms with Gasteiger partial charge in [0.1, 0.15) is 18.1 Å². The molecule has 0 amide bonds. The summed E-state index contributed by atoms with van der Waals surface area (Å²) < 4.78 is 49.2. The number of nitrogens with zero attached hydrogens (tertiary/aromatic N) is 3. The van der Waals surface area contributed by atoms with Crippen molar-refractivity contribution in [2.45, 2.75) is 12.8 Å². The molecule has 0 unspecified atom stereocenters. The number of hydrogen-bond acceptors (Lipinski definition) is 5. The zero-order chi connectivity index (χ0) is 19.3. The van der Waals surface area contributed by atoms with Crippen molar-refractivity contribution in [2.75, 3.05) is 0 Å². The standard InChI is InChI=1S/C19H12F3N3O2/c20-19(21,22)16-10-15(6-7-24-16)27-18-9-14(11-23)8-17(25-18)26-12-13-4-2-1-3-5-13/h1-10H,12H2. The molecule has 0 atom stereocenters. The zero-order valence-corrected chi connectivity index (χ0v) is 13.8. The van der Waals surface area contributed by atoms with Crippen molar-refractivity contribution >= 4 is 0 Å². The molecule has 0 aliphatic rings. The van der Waals surface area contributed by atoms with Crippen molar-refractivity contribution in [3.8, 4) is 23.6 Å². The number of rotatable bonds is 5. The van der Waals surface area contributed by atoms with Crippen LogP contribution in [-0.2, 0) is 12.8 Å². The fourth-order valence-corrected chi connectivity index (χ4v) is 2.15. The SMILES string of the molecule is N#Cc1cc(OCc2ccccc2)nc(Oc2ccnc(C(F)(F)F)c2)c1. The highest BCUT2D eigenvalue weighted by Crippen LogP contribution is 2.31. The first-order valence-electron chi connectivity index (χ1n) is 7.74. The van der Waals surface area contributed by atoms with Gasteiger partial charge in [0.25, 0.3) is 0 Å². The Hall–Kier alpha value is -3.60. The Morgan fingerprint density at radius 2 is 1.74 bits per heavy atom. The van der Waals surface area contributed by atoms with E-state index < -0.39 is 11.9 Å². The Balaban J connectivity index is 1.80. The predicted molar refractivity (Wildman–Crippen MR) is 89.0 cm³/mol. The normalized spacial score (nSPS) is 10.9. The van der Waals surface area contributed by atoms with E-state index in [4.69, 9.17) is 14.7 Å². The van der Waals surface area contributed by atoms with Crippen LogP contribution in [0.2, 0.25) is 0 Å². The molecule has 3 aromatic rings. The fourth-order valence-electron chi connectivity index (χ4n) is 2.15. The third-order valence-electron chi connectivity index (χ3n) is 3.38. The lowest BCUT2D eigenvalue weighted by atomic mass is 10.2. The Bertz CT molecular complexity index is 970. The highest BCUT2D eigenvalue weighted by molar-refractivity contribution is 5.39. The molecule has 3 rings (SSSR count). The Labute approximate surface area is 152 Å². The predicted octanol–water partition coefficient (Wildman–Crippen LogP) is 4.74. The smallest absolute Gasteiger partial charge is 0.433 e. The number of ether oxygens (including phenoxy) is 2. The van der Waals surface area contributed by atoms with Crippen LogP contribution in [0.1, 0.15) is 16.8 Å². The molecule has 0 aliphatic heterocycles. The molecule has 27 heavy (non-hydrogen) atoms. The van der Waals surface area contributed by atoms with Crippen LogP contribution in [0.4, 0.5) is 13.2 Å². The van der Waals surface area contributed by atoms with Gasteiger partial charge < -0.3 is 9.47 Å². The van der Waals surface area contributed by atoms with Gasteiger partial charge in [-0.1, -0.05) is 30.3 Å². The lowest BCUT2D eigenvalue weighted by molar-refractivity contribution is -0.141. The second kappa shape index (κ2) is 7.74.